The van der Waals surface area contributed by atoms with Crippen LogP contribution in [-0.4, -0.2) is 47.3 Å². The van der Waals surface area contributed by atoms with Crippen molar-refractivity contribution >= 4 is 5.91 Å². The third-order valence-corrected chi connectivity index (χ3v) is 5.23. The van der Waals surface area contributed by atoms with Crippen LogP contribution < -0.4 is 0 Å². The van der Waals surface area contributed by atoms with Crippen LogP contribution in [0.3, 0.4) is 0 Å². The lowest BCUT2D eigenvalue weighted by atomic mass is 9.92. The molecule has 1 aliphatic rings. The van der Waals surface area contributed by atoms with Crippen LogP contribution in [0.4, 0.5) is 0 Å². The van der Waals surface area contributed by atoms with Crippen molar-refractivity contribution < 1.29 is 19.7 Å². The molecule has 0 spiro atoms. The van der Waals surface area contributed by atoms with Crippen LogP contribution in [0.25, 0.3) is 11.1 Å². The number of amides is 1. The monoisotopic (exact) mass is 383 g/mol. The molecule has 2 N–H and O–H groups in total. The predicted molar refractivity (Wildman–Crippen MR) is 110 cm³/mol. The van der Waals surface area contributed by atoms with Crippen LogP contribution in [0.2, 0.25) is 0 Å². The van der Waals surface area contributed by atoms with Gasteiger partial charge < -0.3 is 19.8 Å². The summed E-state index contributed by atoms with van der Waals surface area (Å²) < 4.78 is 5.35. The van der Waals surface area contributed by atoms with Crippen LogP contribution >= 0.6 is 0 Å². The predicted octanol–water partition coefficient (Wildman–Crippen LogP) is 4.28. The molecule has 5 heteroatoms. The maximum absolute atomic E-state index is 13.3. The van der Waals surface area contributed by atoms with E-state index in [-0.39, 0.29) is 17.4 Å². The summed E-state index contributed by atoms with van der Waals surface area (Å²) in [5.74, 6) is -0.317. The molecule has 0 saturated carbocycles. The molecule has 1 fully saturated rings. The summed E-state index contributed by atoms with van der Waals surface area (Å²) in [6.45, 7) is 6.09. The standard InChI is InChI=1S/C23H29NO4/c1-3-4-5-8-18-15-19(25)20(17-9-6-7-16(2)14-17)22(26)21(18)23(27)24-10-12-28-13-11-24/h6-7,9,14-15,25-26H,3-5,8,10-13H2,1-2H3. The smallest absolute Gasteiger partial charge is 0.258 e. The van der Waals surface area contributed by atoms with Gasteiger partial charge in [-0.1, -0.05) is 49.6 Å². The third-order valence-electron chi connectivity index (χ3n) is 5.23. The van der Waals surface area contributed by atoms with E-state index >= 15 is 0 Å². The van der Waals surface area contributed by atoms with Gasteiger partial charge in [-0.3, -0.25) is 4.79 Å². The van der Waals surface area contributed by atoms with Gasteiger partial charge >= 0.3 is 0 Å². The molecule has 0 atom stereocenters. The molecular weight excluding hydrogens is 354 g/mol. The second-order valence-electron chi connectivity index (χ2n) is 7.38. The molecule has 0 unspecified atom stereocenters. The normalized spacial score (nSPS) is 14.3. The van der Waals surface area contributed by atoms with E-state index in [1.807, 2.05) is 31.2 Å². The maximum Gasteiger partial charge on any atom is 0.258 e. The number of carbonyl (C=O) groups is 1. The highest BCUT2D eigenvalue weighted by atomic mass is 16.5. The number of phenols is 2. The molecule has 1 heterocycles. The topological polar surface area (TPSA) is 70.0 Å². The molecule has 0 radical (unpaired) electrons. The second-order valence-corrected chi connectivity index (χ2v) is 7.38. The number of morpholine rings is 1. The SMILES string of the molecule is CCCCCc1cc(O)c(-c2cccc(C)c2)c(O)c1C(=O)N1CCOCC1. The molecule has 28 heavy (non-hydrogen) atoms. The van der Waals surface area contributed by atoms with E-state index in [9.17, 15) is 15.0 Å². The number of hydrogen-bond donors (Lipinski definition) is 2. The summed E-state index contributed by atoms with van der Waals surface area (Å²) in [5.41, 5.74) is 3.05. The zero-order chi connectivity index (χ0) is 20.1. The first-order valence-electron chi connectivity index (χ1n) is 10.0. The average Bonchev–Trinajstić information content (AvgIpc) is 2.68. The van der Waals surface area contributed by atoms with Crippen molar-refractivity contribution in [2.75, 3.05) is 26.3 Å². The Kier molecular flexibility index (Phi) is 6.57. The van der Waals surface area contributed by atoms with E-state index in [2.05, 4.69) is 6.92 Å². The van der Waals surface area contributed by atoms with Gasteiger partial charge in [0, 0.05) is 13.1 Å². The first kappa shape index (κ1) is 20.2. The molecule has 5 nitrogen and oxygen atoms in total. The highest BCUT2D eigenvalue weighted by Gasteiger charge is 2.27. The van der Waals surface area contributed by atoms with Crippen molar-refractivity contribution in [1.29, 1.82) is 0 Å². The van der Waals surface area contributed by atoms with Gasteiger partial charge in [-0.2, -0.15) is 0 Å². The summed E-state index contributed by atoms with van der Waals surface area (Å²) in [7, 11) is 0. The van der Waals surface area contributed by atoms with Gasteiger partial charge in [-0.15, -0.1) is 0 Å². The van der Waals surface area contributed by atoms with Crippen molar-refractivity contribution in [2.45, 2.75) is 39.5 Å². The van der Waals surface area contributed by atoms with E-state index in [4.69, 9.17) is 4.74 Å². The fourth-order valence-electron chi connectivity index (χ4n) is 3.72. The van der Waals surface area contributed by atoms with E-state index < -0.39 is 0 Å². The van der Waals surface area contributed by atoms with Crippen molar-refractivity contribution in [3.05, 3.63) is 47.0 Å². The number of benzene rings is 2. The highest BCUT2D eigenvalue weighted by Crippen LogP contribution is 2.42. The first-order valence-corrected chi connectivity index (χ1v) is 10.0. The summed E-state index contributed by atoms with van der Waals surface area (Å²) in [5, 5.41) is 21.8. The summed E-state index contributed by atoms with van der Waals surface area (Å²) in [4.78, 5) is 15.0. The van der Waals surface area contributed by atoms with Crippen LogP contribution in [0, 0.1) is 6.92 Å². The van der Waals surface area contributed by atoms with Gasteiger partial charge in [0.1, 0.15) is 11.5 Å². The third kappa shape index (κ3) is 4.30. The Morgan fingerprint density at radius 3 is 2.57 bits per heavy atom. The van der Waals surface area contributed by atoms with Gasteiger partial charge in [0.2, 0.25) is 0 Å². The van der Waals surface area contributed by atoms with Gasteiger partial charge in [0.25, 0.3) is 5.91 Å². The van der Waals surface area contributed by atoms with Crippen LogP contribution in [-0.2, 0) is 11.2 Å². The number of hydrogen-bond acceptors (Lipinski definition) is 4. The molecule has 0 bridgehead atoms. The van der Waals surface area contributed by atoms with Crippen molar-refractivity contribution in [3.63, 3.8) is 0 Å². The van der Waals surface area contributed by atoms with Crippen LogP contribution in [0.5, 0.6) is 11.5 Å². The van der Waals surface area contributed by atoms with Gasteiger partial charge in [-0.25, -0.2) is 0 Å². The lowest BCUT2D eigenvalue weighted by Gasteiger charge is -2.28. The maximum atomic E-state index is 13.3. The Bertz CT molecular complexity index is 841. The van der Waals surface area contributed by atoms with Crippen molar-refractivity contribution in [1.82, 2.24) is 4.90 Å². The van der Waals surface area contributed by atoms with Crippen LogP contribution in [0.15, 0.2) is 30.3 Å². The molecule has 1 amide bonds. The number of rotatable bonds is 6. The first-order chi connectivity index (χ1) is 13.5. The zero-order valence-electron chi connectivity index (χ0n) is 16.7. The number of carbonyl (C=O) groups excluding carboxylic acids is 1. The lowest BCUT2D eigenvalue weighted by molar-refractivity contribution is 0.0300. The number of phenolic OH excluding ortho intramolecular Hbond substituents is 2. The second kappa shape index (κ2) is 9.11. The quantitative estimate of drug-likeness (QED) is 0.731. The molecular formula is C23H29NO4. The molecule has 2 aromatic rings. The Balaban J connectivity index is 2.09. The summed E-state index contributed by atoms with van der Waals surface area (Å²) >= 11 is 0. The van der Waals surface area contributed by atoms with E-state index in [0.717, 1.165) is 24.8 Å². The molecule has 0 aliphatic carbocycles. The zero-order valence-corrected chi connectivity index (χ0v) is 16.7. The van der Waals surface area contributed by atoms with Crippen LogP contribution in [0.1, 0.15) is 47.7 Å². The Labute approximate surface area is 166 Å². The van der Waals surface area contributed by atoms with Gasteiger partial charge in [0.15, 0.2) is 0 Å². The summed E-state index contributed by atoms with van der Waals surface area (Å²) in [6, 6.07) is 9.22. The minimum absolute atomic E-state index is 0.00752. The Morgan fingerprint density at radius 2 is 1.89 bits per heavy atom. The van der Waals surface area contributed by atoms with Gasteiger partial charge in [-0.05, 0) is 37.0 Å². The number of aromatic hydroxyl groups is 2. The van der Waals surface area contributed by atoms with Crippen molar-refractivity contribution in [2.24, 2.45) is 0 Å². The molecule has 3 rings (SSSR count). The van der Waals surface area contributed by atoms with E-state index in [1.165, 1.54) is 0 Å². The molecule has 2 aromatic carbocycles. The number of ether oxygens (including phenoxy) is 1. The minimum Gasteiger partial charge on any atom is -0.507 e. The van der Waals surface area contributed by atoms with E-state index in [0.29, 0.717) is 55.0 Å². The lowest BCUT2D eigenvalue weighted by Crippen LogP contribution is -2.41. The number of aryl methyl sites for hydroxylation is 2. The fraction of sp³-hybridized carbons (Fsp3) is 0.435. The van der Waals surface area contributed by atoms with Gasteiger partial charge in [0.05, 0.1) is 24.3 Å². The molecule has 0 aromatic heterocycles. The molecule has 1 aliphatic heterocycles. The highest BCUT2D eigenvalue weighted by molar-refractivity contribution is 6.02. The Morgan fingerprint density at radius 1 is 1.14 bits per heavy atom. The largest absolute Gasteiger partial charge is 0.507 e. The minimum atomic E-state index is -0.193. The number of nitrogens with zero attached hydrogens (tertiary/aromatic N) is 1. The molecule has 150 valence electrons. The van der Waals surface area contributed by atoms with E-state index in [1.54, 1.807) is 11.0 Å². The summed E-state index contributed by atoms with van der Waals surface area (Å²) in [6.07, 6.45) is 3.65. The van der Waals surface area contributed by atoms with Crippen molar-refractivity contribution in [3.8, 4) is 22.6 Å². The molecule has 1 saturated heterocycles. The Hall–Kier alpha value is -2.53. The fourth-order valence-corrected chi connectivity index (χ4v) is 3.72. The number of unbranched alkanes of at least 4 members (excludes halogenated alkanes) is 2. The average molecular weight is 383 g/mol.